The van der Waals surface area contributed by atoms with Gasteiger partial charge in [-0.1, -0.05) is 36.2 Å². The number of amides is 1. The number of alkyl halides is 3. The van der Waals surface area contributed by atoms with Crippen molar-refractivity contribution in [2.75, 3.05) is 19.6 Å². The molecule has 3 heterocycles. The molecule has 14 heteroatoms. The SMILES string of the molecule is CCNC(C)(CC1CN(C(=O)c2cc(Cc3c[nH]c(=O)c4cc(Cl)c(Cl)n34)ccc2F)C1)OC(=O)C(F)(F)F. The second-order valence-electron chi connectivity index (χ2n) is 9.53. The number of rotatable bonds is 8. The number of halogens is 6. The van der Waals surface area contributed by atoms with E-state index in [2.05, 4.69) is 15.0 Å². The zero-order valence-electron chi connectivity index (χ0n) is 20.8. The molecule has 1 unspecified atom stereocenters. The number of aromatic nitrogens is 2. The van der Waals surface area contributed by atoms with Crippen LogP contribution in [0.2, 0.25) is 10.2 Å². The average Bonchev–Trinajstić information content (AvgIpc) is 3.13. The molecule has 1 aliphatic heterocycles. The number of likely N-dealkylation sites (tertiary alicyclic amines) is 1. The molecular formula is C25H24Cl2F4N4O4. The molecule has 1 fully saturated rings. The van der Waals surface area contributed by atoms with E-state index in [-0.39, 0.29) is 59.6 Å². The molecule has 1 aliphatic rings. The molecule has 3 aromatic rings. The van der Waals surface area contributed by atoms with Gasteiger partial charge in [-0.25, -0.2) is 9.18 Å². The summed E-state index contributed by atoms with van der Waals surface area (Å²) in [6, 6.07) is 5.48. The van der Waals surface area contributed by atoms with Gasteiger partial charge in [-0.2, -0.15) is 13.2 Å². The van der Waals surface area contributed by atoms with Gasteiger partial charge in [0.05, 0.1) is 10.6 Å². The molecule has 2 N–H and O–H groups in total. The number of hydrogen-bond acceptors (Lipinski definition) is 5. The van der Waals surface area contributed by atoms with Gasteiger partial charge in [0.15, 0.2) is 5.72 Å². The first kappa shape index (κ1) is 28.9. The maximum absolute atomic E-state index is 14.7. The van der Waals surface area contributed by atoms with E-state index >= 15 is 0 Å². The fraction of sp³-hybridized carbons (Fsp3) is 0.400. The first-order valence-corrected chi connectivity index (χ1v) is 12.7. The van der Waals surface area contributed by atoms with Crippen molar-refractivity contribution >= 4 is 40.6 Å². The minimum absolute atomic E-state index is 0.0252. The Hall–Kier alpha value is -3.09. The number of H-pyrrole nitrogens is 1. The smallest absolute Gasteiger partial charge is 0.438 e. The van der Waals surface area contributed by atoms with Crippen LogP contribution in [0.25, 0.3) is 5.52 Å². The average molecular weight is 591 g/mol. The normalized spacial score (nSPS) is 15.7. The van der Waals surface area contributed by atoms with Crippen LogP contribution in [0.5, 0.6) is 0 Å². The van der Waals surface area contributed by atoms with Gasteiger partial charge in [0.25, 0.3) is 11.5 Å². The number of hydrogen-bond donors (Lipinski definition) is 2. The largest absolute Gasteiger partial charge is 0.490 e. The van der Waals surface area contributed by atoms with Gasteiger partial charge in [0, 0.05) is 37.8 Å². The van der Waals surface area contributed by atoms with Crippen LogP contribution in [0.3, 0.4) is 0 Å². The second-order valence-corrected chi connectivity index (χ2v) is 10.3. The van der Waals surface area contributed by atoms with Crippen molar-refractivity contribution < 1.29 is 31.9 Å². The summed E-state index contributed by atoms with van der Waals surface area (Å²) < 4.78 is 59.0. The van der Waals surface area contributed by atoms with Crippen molar-refractivity contribution in [1.29, 1.82) is 0 Å². The number of benzene rings is 1. The van der Waals surface area contributed by atoms with Gasteiger partial charge >= 0.3 is 12.1 Å². The van der Waals surface area contributed by atoms with E-state index in [1.165, 1.54) is 40.6 Å². The maximum Gasteiger partial charge on any atom is 0.490 e. The molecule has 0 saturated carbocycles. The maximum atomic E-state index is 14.7. The lowest BCUT2D eigenvalue weighted by Crippen LogP contribution is -2.56. The van der Waals surface area contributed by atoms with Gasteiger partial charge in [0.1, 0.15) is 16.5 Å². The highest BCUT2D eigenvalue weighted by molar-refractivity contribution is 6.42. The number of ether oxygens (including phenoxy) is 1. The van der Waals surface area contributed by atoms with E-state index < -0.39 is 35.2 Å². The molecule has 1 aromatic carbocycles. The van der Waals surface area contributed by atoms with E-state index in [4.69, 9.17) is 23.2 Å². The zero-order chi connectivity index (χ0) is 28.7. The van der Waals surface area contributed by atoms with Crippen LogP contribution in [0.4, 0.5) is 17.6 Å². The summed E-state index contributed by atoms with van der Waals surface area (Å²) >= 11 is 12.3. The minimum atomic E-state index is -5.14. The summed E-state index contributed by atoms with van der Waals surface area (Å²) in [5, 5.41) is 3.08. The monoisotopic (exact) mass is 590 g/mol. The van der Waals surface area contributed by atoms with Gasteiger partial charge in [0.2, 0.25) is 0 Å². The third-order valence-corrected chi connectivity index (χ3v) is 7.21. The third-order valence-electron chi connectivity index (χ3n) is 6.46. The van der Waals surface area contributed by atoms with Crippen LogP contribution in [0.1, 0.15) is 41.9 Å². The van der Waals surface area contributed by atoms with Crippen molar-refractivity contribution in [3.8, 4) is 0 Å². The highest BCUT2D eigenvalue weighted by Gasteiger charge is 2.46. The topological polar surface area (TPSA) is 95.9 Å². The Morgan fingerprint density at radius 3 is 2.54 bits per heavy atom. The molecule has 8 nitrogen and oxygen atoms in total. The van der Waals surface area contributed by atoms with E-state index in [1.807, 2.05) is 0 Å². The molecule has 0 aliphatic carbocycles. The molecular weight excluding hydrogens is 567 g/mol. The zero-order valence-corrected chi connectivity index (χ0v) is 22.3. The number of carbonyl (C=O) groups is 2. The van der Waals surface area contributed by atoms with Gasteiger partial charge in [-0.3, -0.25) is 19.3 Å². The molecule has 1 saturated heterocycles. The standard InChI is InChI=1S/C25H24Cl2F4N4O4/c1-3-33-24(2,39-23(38)25(29,30)31)9-14-11-34(12-14)22(37)16-7-13(4-5-18(16)28)6-15-10-32-21(36)19-8-17(26)20(27)35(15)19/h4-5,7-8,10,14,33H,3,6,9,11-12H2,1-2H3,(H,32,36). The van der Waals surface area contributed by atoms with Crippen molar-refractivity contribution in [2.24, 2.45) is 5.92 Å². The molecule has 39 heavy (non-hydrogen) atoms. The predicted octanol–water partition coefficient (Wildman–Crippen LogP) is 4.56. The molecule has 0 radical (unpaired) electrons. The number of nitrogens with zero attached hydrogens (tertiary/aromatic N) is 2. The Morgan fingerprint density at radius 1 is 1.21 bits per heavy atom. The first-order valence-electron chi connectivity index (χ1n) is 11.9. The summed E-state index contributed by atoms with van der Waals surface area (Å²) in [5.74, 6) is -3.91. The fourth-order valence-electron chi connectivity index (χ4n) is 4.75. The Morgan fingerprint density at radius 2 is 1.90 bits per heavy atom. The van der Waals surface area contributed by atoms with E-state index in [1.54, 1.807) is 6.92 Å². The van der Waals surface area contributed by atoms with E-state index in [0.717, 1.165) is 6.07 Å². The lowest BCUT2D eigenvalue weighted by atomic mass is 9.90. The van der Waals surface area contributed by atoms with Crippen LogP contribution >= 0.6 is 23.2 Å². The number of aromatic amines is 1. The van der Waals surface area contributed by atoms with Crippen molar-refractivity contribution in [3.63, 3.8) is 0 Å². The lowest BCUT2D eigenvalue weighted by Gasteiger charge is -2.43. The van der Waals surface area contributed by atoms with Gasteiger partial charge in [-0.15, -0.1) is 0 Å². The number of carbonyl (C=O) groups excluding carboxylic acids is 2. The molecule has 0 bridgehead atoms. The second kappa shape index (κ2) is 10.8. The molecule has 210 valence electrons. The van der Waals surface area contributed by atoms with Crippen LogP contribution in [-0.4, -0.2) is 57.7 Å². The van der Waals surface area contributed by atoms with Crippen molar-refractivity contribution in [3.05, 3.63) is 73.6 Å². The Kier molecular flexibility index (Phi) is 8.02. The lowest BCUT2D eigenvalue weighted by molar-refractivity contribution is -0.217. The van der Waals surface area contributed by atoms with Crippen LogP contribution in [0, 0.1) is 11.7 Å². The highest BCUT2D eigenvalue weighted by atomic mass is 35.5. The molecule has 1 amide bonds. The summed E-state index contributed by atoms with van der Waals surface area (Å²) in [6.45, 7) is 3.53. The third kappa shape index (κ3) is 6.07. The van der Waals surface area contributed by atoms with Gasteiger partial charge in [-0.05, 0) is 43.1 Å². The van der Waals surface area contributed by atoms with Gasteiger partial charge < -0.3 is 14.6 Å². The van der Waals surface area contributed by atoms with Crippen molar-refractivity contribution in [1.82, 2.24) is 19.6 Å². The summed E-state index contributed by atoms with van der Waals surface area (Å²) in [6.07, 6.45) is -3.47. The van der Waals surface area contributed by atoms with E-state index in [0.29, 0.717) is 11.3 Å². The fourth-order valence-corrected chi connectivity index (χ4v) is 5.19. The van der Waals surface area contributed by atoms with E-state index in [9.17, 15) is 31.9 Å². The predicted molar refractivity (Wildman–Crippen MR) is 135 cm³/mol. The van der Waals surface area contributed by atoms with Crippen LogP contribution < -0.4 is 10.9 Å². The molecule has 2 aromatic heterocycles. The summed E-state index contributed by atoms with van der Waals surface area (Å²) in [5.41, 5.74) is -0.819. The number of fused-ring (bicyclic) bond motifs is 1. The highest BCUT2D eigenvalue weighted by Crippen LogP contribution is 2.31. The van der Waals surface area contributed by atoms with Crippen molar-refractivity contribution in [2.45, 2.75) is 38.6 Å². The summed E-state index contributed by atoms with van der Waals surface area (Å²) in [4.78, 5) is 40.5. The number of esters is 1. The Balaban J connectivity index is 1.46. The number of nitrogens with one attached hydrogen (secondary N) is 2. The minimum Gasteiger partial charge on any atom is -0.438 e. The molecule has 1 atom stereocenters. The summed E-state index contributed by atoms with van der Waals surface area (Å²) in [7, 11) is 0. The van der Waals surface area contributed by atoms with Crippen LogP contribution in [0.15, 0.2) is 35.3 Å². The molecule has 4 rings (SSSR count). The first-order chi connectivity index (χ1) is 18.2. The quantitative estimate of drug-likeness (QED) is 0.228. The molecule has 0 spiro atoms. The Bertz CT molecular complexity index is 1480. The van der Waals surface area contributed by atoms with Crippen LogP contribution in [-0.2, 0) is 16.0 Å². The Labute approximate surface area is 229 Å².